The minimum atomic E-state index is 0.0559. The van der Waals surface area contributed by atoms with Gasteiger partial charge in [-0.05, 0) is 30.5 Å². The lowest BCUT2D eigenvalue weighted by Crippen LogP contribution is -2.26. The maximum Gasteiger partial charge on any atom is 0.259 e. The zero-order valence-electron chi connectivity index (χ0n) is 13.2. The summed E-state index contributed by atoms with van der Waals surface area (Å²) in [5, 5.41) is 2.15. The minimum Gasteiger partial charge on any atom is -0.496 e. The van der Waals surface area contributed by atoms with E-state index in [9.17, 15) is 4.79 Å². The van der Waals surface area contributed by atoms with Crippen LogP contribution in [-0.2, 0) is 6.54 Å². The molecule has 3 aromatic rings. The van der Waals surface area contributed by atoms with Crippen molar-refractivity contribution in [2.45, 2.75) is 13.5 Å². The van der Waals surface area contributed by atoms with Gasteiger partial charge in [0.05, 0.1) is 19.3 Å². The third-order valence-electron chi connectivity index (χ3n) is 4.41. The molecule has 1 heterocycles. The first-order chi connectivity index (χ1) is 11.2. The summed E-state index contributed by atoms with van der Waals surface area (Å²) in [6.45, 7) is 2.56. The van der Waals surface area contributed by atoms with Gasteiger partial charge in [0.15, 0.2) is 0 Å². The molecule has 0 N–H and O–H groups in total. The quantitative estimate of drug-likeness (QED) is 0.721. The van der Waals surface area contributed by atoms with Crippen LogP contribution >= 0.6 is 0 Å². The van der Waals surface area contributed by atoms with Gasteiger partial charge in [-0.15, -0.1) is 0 Å². The molecule has 0 fully saturated rings. The van der Waals surface area contributed by atoms with Crippen LogP contribution in [0.25, 0.3) is 10.8 Å². The maximum absolute atomic E-state index is 12.9. The monoisotopic (exact) mass is 303 g/mol. The van der Waals surface area contributed by atoms with Gasteiger partial charge >= 0.3 is 0 Å². The Hall–Kier alpha value is -2.81. The molecule has 114 valence electrons. The molecule has 3 nitrogen and oxygen atoms in total. The summed E-state index contributed by atoms with van der Waals surface area (Å²) in [4.78, 5) is 14.7. The standard InChI is InChI=1S/C20H17NO2/c1-13-9-10-18(23-2)15(11-13)12-21-17-8-4-6-14-5-3-7-16(19(14)17)20(21)22/h3-11H,12H2,1-2H3. The van der Waals surface area contributed by atoms with Crippen molar-refractivity contribution in [3.63, 3.8) is 0 Å². The van der Waals surface area contributed by atoms with Crippen molar-refractivity contribution in [2.75, 3.05) is 12.0 Å². The van der Waals surface area contributed by atoms with Crippen molar-refractivity contribution >= 4 is 22.4 Å². The van der Waals surface area contributed by atoms with E-state index >= 15 is 0 Å². The number of carbonyl (C=O) groups is 1. The summed E-state index contributed by atoms with van der Waals surface area (Å²) < 4.78 is 5.46. The van der Waals surface area contributed by atoms with Gasteiger partial charge in [0.25, 0.3) is 5.91 Å². The van der Waals surface area contributed by atoms with E-state index in [1.165, 1.54) is 0 Å². The summed E-state index contributed by atoms with van der Waals surface area (Å²) in [5.41, 5.74) is 3.94. The minimum absolute atomic E-state index is 0.0559. The van der Waals surface area contributed by atoms with Crippen molar-refractivity contribution in [1.82, 2.24) is 0 Å². The fraction of sp³-hybridized carbons (Fsp3) is 0.150. The second-order valence-electron chi connectivity index (χ2n) is 5.89. The molecular formula is C20H17NO2. The fourth-order valence-electron chi connectivity index (χ4n) is 3.34. The van der Waals surface area contributed by atoms with Gasteiger partial charge in [-0.3, -0.25) is 4.79 Å². The highest BCUT2D eigenvalue weighted by molar-refractivity contribution is 6.24. The van der Waals surface area contributed by atoms with Crippen molar-refractivity contribution in [3.8, 4) is 5.75 Å². The number of aryl methyl sites for hydroxylation is 1. The second kappa shape index (κ2) is 5.13. The largest absolute Gasteiger partial charge is 0.496 e. The molecule has 0 unspecified atom stereocenters. The number of methoxy groups -OCH3 is 1. The van der Waals surface area contributed by atoms with E-state index in [4.69, 9.17) is 4.74 Å². The third-order valence-corrected chi connectivity index (χ3v) is 4.41. The number of nitrogens with zero attached hydrogens (tertiary/aromatic N) is 1. The van der Waals surface area contributed by atoms with Crippen molar-refractivity contribution in [1.29, 1.82) is 0 Å². The number of carbonyl (C=O) groups excluding carboxylic acids is 1. The molecule has 3 aromatic carbocycles. The molecule has 0 saturated carbocycles. The molecule has 1 aliphatic heterocycles. The number of hydrogen-bond donors (Lipinski definition) is 0. The number of amides is 1. The molecule has 3 heteroatoms. The molecule has 0 atom stereocenters. The first-order valence-electron chi connectivity index (χ1n) is 7.66. The van der Waals surface area contributed by atoms with E-state index < -0.39 is 0 Å². The van der Waals surface area contributed by atoms with Crippen LogP contribution in [-0.4, -0.2) is 13.0 Å². The van der Waals surface area contributed by atoms with Gasteiger partial charge in [0.1, 0.15) is 5.75 Å². The van der Waals surface area contributed by atoms with Crippen molar-refractivity contribution in [3.05, 3.63) is 71.3 Å². The summed E-state index contributed by atoms with van der Waals surface area (Å²) in [7, 11) is 1.66. The highest BCUT2D eigenvalue weighted by Crippen LogP contribution is 2.38. The molecule has 4 rings (SSSR count). The maximum atomic E-state index is 12.9. The molecule has 0 saturated heterocycles. The zero-order chi connectivity index (χ0) is 16.0. The van der Waals surface area contributed by atoms with Gasteiger partial charge in [0, 0.05) is 16.5 Å². The predicted octanol–water partition coefficient (Wildman–Crippen LogP) is 4.32. The third kappa shape index (κ3) is 2.08. The van der Waals surface area contributed by atoms with Gasteiger partial charge in [-0.2, -0.15) is 0 Å². The summed E-state index contributed by atoms with van der Waals surface area (Å²) >= 11 is 0. The summed E-state index contributed by atoms with van der Waals surface area (Å²) in [6.07, 6.45) is 0. The van der Waals surface area contributed by atoms with E-state index in [0.29, 0.717) is 6.54 Å². The Morgan fingerprint density at radius 2 is 1.83 bits per heavy atom. The second-order valence-corrected chi connectivity index (χ2v) is 5.89. The first kappa shape index (κ1) is 13.8. The van der Waals surface area contributed by atoms with Crippen molar-refractivity contribution < 1.29 is 9.53 Å². The average molecular weight is 303 g/mol. The molecule has 0 aliphatic carbocycles. The Morgan fingerprint density at radius 3 is 2.61 bits per heavy atom. The van der Waals surface area contributed by atoms with Crippen LogP contribution in [0.2, 0.25) is 0 Å². The Labute approximate surface area is 135 Å². The number of rotatable bonds is 3. The normalized spacial score (nSPS) is 13.0. The predicted molar refractivity (Wildman–Crippen MR) is 92.2 cm³/mol. The molecule has 23 heavy (non-hydrogen) atoms. The van der Waals surface area contributed by atoms with Crippen LogP contribution in [0.3, 0.4) is 0 Å². The van der Waals surface area contributed by atoms with Crippen LogP contribution in [0.4, 0.5) is 5.69 Å². The van der Waals surface area contributed by atoms with E-state index in [0.717, 1.165) is 38.9 Å². The van der Waals surface area contributed by atoms with Crippen LogP contribution in [0, 0.1) is 6.92 Å². The Kier molecular flexibility index (Phi) is 3.08. The van der Waals surface area contributed by atoms with Gasteiger partial charge in [0.2, 0.25) is 0 Å². The SMILES string of the molecule is COc1ccc(C)cc1CN1C(=O)c2cccc3cccc1c23. The van der Waals surface area contributed by atoms with Crippen molar-refractivity contribution in [2.24, 2.45) is 0 Å². The van der Waals surface area contributed by atoms with E-state index in [1.807, 2.05) is 60.4 Å². The smallest absolute Gasteiger partial charge is 0.259 e. The fourth-order valence-corrected chi connectivity index (χ4v) is 3.34. The number of ether oxygens (including phenoxy) is 1. The average Bonchev–Trinajstić information content (AvgIpc) is 2.83. The summed E-state index contributed by atoms with van der Waals surface area (Å²) in [6, 6.07) is 18.0. The van der Waals surface area contributed by atoms with Crippen LogP contribution in [0.1, 0.15) is 21.5 Å². The highest BCUT2D eigenvalue weighted by Gasteiger charge is 2.29. The van der Waals surface area contributed by atoms with E-state index in [1.54, 1.807) is 7.11 Å². The topological polar surface area (TPSA) is 29.5 Å². The molecule has 0 radical (unpaired) electrons. The van der Waals surface area contributed by atoms with Crippen LogP contribution < -0.4 is 9.64 Å². The Bertz CT molecular complexity index is 925. The molecule has 1 aliphatic rings. The highest BCUT2D eigenvalue weighted by atomic mass is 16.5. The zero-order valence-corrected chi connectivity index (χ0v) is 13.2. The number of anilines is 1. The summed E-state index contributed by atoms with van der Waals surface area (Å²) in [5.74, 6) is 0.867. The Morgan fingerprint density at radius 1 is 1.04 bits per heavy atom. The molecule has 1 amide bonds. The lowest BCUT2D eigenvalue weighted by molar-refractivity contribution is 0.0991. The molecule has 0 aromatic heterocycles. The van der Waals surface area contributed by atoms with Gasteiger partial charge in [-0.25, -0.2) is 0 Å². The first-order valence-corrected chi connectivity index (χ1v) is 7.66. The van der Waals surface area contributed by atoms with Crippen LogP contribution in [0.5, 0.6) is 5.75 Å². The molecule has 0 bridgehead atoms. The van der Waals surface area contributed by atoms with Gasteiger partial charge in [-0.1, -0.05) is 42.0 Å². The lowest BCUT2D eigenvalue weighted by atomic mass is 10.1. The number of hydrogen-bond acceptors (Lipinski definition) is 2. The lowest BCUT2D eigenvalue weighted by Gasteiger charge is -2.19. The van der Waals surface area contributed by atoms with E-state index in [-0.39, 0.29) is 5.91 Å². The van der Waals surface area contributed by atoms with Gasteiger partial charge < -0.3 is 9.64 Å². The molecule has 0 spiro atoms. The molecular weight excluding hydrogens is 286 g/mol. The number of benzene rings is 3. The van der Waals surface area contributed by atoms with Crippen LogP contribution in [0.15, 0.2) is 54.6 Å². The van der Waals surface area contributed by atoms with E-state index in [2.05, 4.69) is 6.07 Å². The Balaban J connectivity index is 1.82.